The molecule has 0 atom stereocenters. The van der Waals surface area contributed by atoms with Crippen LogP contribution in [0.1, 0.15) is 35.8 Å². The summed E-state index contributed by atoms with van der Waals surface area (Å²) in [6, 6.07) is 12.5. The van der Waals surface area contributed by atoms with Gasteiger partial charge in [0.2, 0.25) is 0 Å². The van der Waals surface area contributed by atoms with Crippen molar-refractivity contribution >= 4 is 15.8 Å². The Bertz CT molecular complexity index is 1150. The van der Waals surface area contributed by atoms with Crippen LogP contribution in [0.25, 0.3) is 11.1 Å². The minimum absolute atomic E-state index is 0.0661. The molecule has 0 fully saturated rings. The quantitative estimate of drug-likeness (QED) is 0.497. The number of aryl methyl sites for hydroxylation is 2. The van der Waals surface area contributed by atoms with Gasteiger partial charge in [0.1, 0.15) is 12.5 Å². The molecule has 0 aliphatic rings. The van der Waals surface area contributed by atoms with Gasteiger partial charge in [-0.05, 0) is 43.0 Å². The topological polar surface area (TPSA) is 92.9 Å². The first-order valence-corrected chi connectivity index (χ1v) is 11.6. The number of hydrogen-bond donors (Lipinski definition) is 1. The van der Waals surface area contributed by atoms with Crippen molar-refractivity contribution < 1.29 is 22.8 Å². The summed E-state index contributed by atoms with van der Waals surface area (Å²) in [7, 11) is -2.58. The molecule has 3 rings (SSSR count). The normalized spacial score (nSPS) is 11.6. The Kier molecular flexibility index (Phi) is 7.15. The van der Waals surface area contributed by atoms with Gasteiger partial charge in [-0.1, -0.05) is 54.9 Å². The van der Waals surface area contributed by atoms with Crippen molar-refractivity contribution in [3.05, 3.63) is 64.9 Å². The number of aliphatic hydroxyl groups excluding tert-OH is 1. The molecule has 0 aliphatic carbocycles. The van der Waals surface area contributed by atoms with Crippen molar-refractivity contribution in [1.29, 1.82) is 0 Å². The van der Waals surface area contributed by atoms with Crippen molar-refractivity contribution in [3.63, 3.8) is 0 Å². The Hall–Kier alpha value is -2.68. The molecule has 0 aliphatic heterocycles. The van der Waals surface area contributed by atoms with Crippen LogP contribution < -0.4 is 4.31 Å². The van der Waals surface area contributed by atoms with E-state index in [-0.39, 0.29) is 24.1 Å². The van der Waals surface area contributed by atoms with Gasteiger partial charge in [0.05, 0.1) is 11.5 Å². The molecule has 1 aromatic heterocycles. The second-order valence-corrected chi connectivity index (χ2v) is 9.19. The summed E-state index contributed by atoms with van der Waals surface area (Å²) >= 11 is 0. The zero-order valence-electron chi connectivity index (χ0n) is 18.3. The van der Waals surface area contributed by atoms with Crippen molar-refractivity contribution in [2.24, 2.45) is 0 Å². The maximum atomic E-state index is 13.8. The van der Waals surface area contributed by atoms with Gasteiger partial charge >= 0.3 is 0 Å². The highest BCUT2D eigenvalue weighted by molar-refractivity contribution is 7.93. The van der Waals surface area contributed by atoms with E-state index in [1.807, 2.05) is 24.3 Å². The molecule has 0 amide bonds. The van der Waals surface area contributed by atoms with E-state index in [9.17, 15) is 13.5 Å². The van der Waals surface area contributed by atoms with Crippen molar-refractivity contribution in [1.82, 2.24) is 5.16 Å². The van der Waals surface area contributed by atoms with Crippen LogP contribution >= 0.6 is 0 Å². The van der Waals surface area contributed by atoms with Crippen LogP contribution in [0.2, 0.25) is 0 Å². The van der Waals surface area contributed by atoms with Crippen LogP contribution in [-0.4, -0.2) is 32.5 Å². The van der Waals surface area contributed by atoms with E-state index >= 15 is 0 Å². The highest BCUT2D eigenvalue weighted by atomic mass is 32.2. The third-order valence-electron chi connectivity index (χ3n) is 5.23. The lowest BCUT2D eigenvalue weighted by molar-refractivity contribution is 0.208. The first-order valence-electron chi connectivity index (χ1n) is 10.1. The molecule has 7 nitrogen and oxygen atoms in total. The molecule has 0 saturated heterocycles. The Morgan fingerprint density at radius 2 is 1.87 bits per heavy atom. The first-order chi connectivity index (χ1) is 14.8. The minimum atomic E-state index is -4.02. The Morgan fingerprint density at radius 1 is 1.13 bits per heavy atom. The molecule has 0 radical (unpaired) electrons. The van der Waals surface area contributed by atoms with E-state index in [0.29, 0.717) is 16.9 Å². The van der Waals surface area contributed by atoms with Gasteiger partial charge in [-0.3, -0.25) is 0 Å². The third-order valence-corrected chi connectivity index (χ3v) is 7.00. The molecular weight excluding hydrogens is 416 g/mol. The van der Waals surface area contributed by atoms with Crippen LogP contribution in [0.5, 0.6) is 0 Å². The van der Waals surface area contributed by atoms with Gasteiger partial charge in [-0.15, -0.1) is 0 Å². The minimum Gasteiger partial charge on any atom is -0.392 e. The molecular formula is C23H28N2O5S. The number of benzene rings is 2. The first kappa shape index (κ1) is 23.0. The fourth-order valence-corrected chi connectivity index (χ4v) is 5.10. The molecule has 8 heteroatoms. The summed E-state index contributed by atoms with van der Waals surface area (Å²) < 4.78 is 39.1. The van der Waals surface area contributed by atoms with Crippen LogP contribution in [0.4, 0.5) is 5.82 Å². The lowest BCUT2D eigenvalue weighted by Crippen LogP contribution is -2.34. The largest absolute Gasteiger partial charge is 0.392 e. The Balaban J connectivity index is 2.20. The van der Waals surface area contributed by atoms with Crippen molar-refractivity contribution in [2.75, 3.05) is 18.1 Å². The Morgan fingerprint density at radius 3 is 2.48 bits per heavy atom. The van der Waals surface area contributed by atoms with Crippen molar-refractivity contribution in [3.8, 4) is 11.1 Å². The van der Waals surface area contributed by atoms with E-state index < -0.39 is 10.0 Å². The summed E-state index contributed by atoms with van der Waals surface area (Å²) in [6.45, 7) is 5.29. The molecule has 3 aromatic rings. The Labute approximate surface area is 183 Å². The van der Waals surface area contributed by atoms with E-state index in [0.717, 1.165) is 33.8 Å². The number of aliphatic hydroxyl groups is 1. The predicted molar refractivity (Wildman–Crippen MR) is 119 cm³/mol. The molecule has 31 heavy (non-hydrogen) atoms. The van der Waals surface area contributed by atoms with Crippen LogP contribution in [0, 0.1) is 13.8 Å². The van der Waals surface area contributed by atoms with E-state index in [4.69, 9.17) is 9.26 Å². The van der Waals surface area contributed by atoms with Gasteiger partial charge in [0, 0.05) is 18.2 Å². The van der Waals surface area contributed by atoms with Crippen LogP contribution in [0.3, 0.4) is 0 Å². The number of sulfonamides is 1. The summed E-state index contributed by atoms with van der Waals surface area (Å²) in [5, 5.41) is 13.5. The van der Waals surface area contributed by atoms with Crippen molar-refractivity contribution in [2.45, 2.75) is 45.1 Å². The van der Waals surface area contributed by atoms with E-state index in [2.05, 4.69) is 12.1 Å². The fourth-order valence-electron chi connectivity index (χ4n) is 3.52. The summed E-state index contributed by atoms with van der Waals surface area (Å²) in [5.74, 6) is 0.753. The zero-order chi connectivity index (χ0) is 22.6. The summed E-state index contributed by atoms with van der Waals surface area (Å²) in [6.07, 6.45) is 1.66. The van der Waals surface area contributed by atoms with Gasteiger partial charge < -0.3 is 14.4 Å². The lowest BCUT2D eigenvalue weighted by atomic mass is 9.95. The molecule has 0 spiro atoms. The second kappa shape index (κ2) is 9.64. The molecule has 1 heterocycles. The molecule has 1 N–H and O–H groups in total. The summed E-state index contributed by atoms with van der Waals surface area (Å²) in [4.78, 5) is 0.154. The standard InChI is InChI=1S/C23H28N2O5S/c1-5-8-19-13-18(14-26)11-12-20(19)21-9-6-7-10-22(21)31(27,28)25(15-29-4)23-16(2)17(3)30-24-23/h6-7,9-13,26H,5,8,14-15H2,1-4H3. The average molecular weight is 445 g/mol. The highest BCUT2D eigenvalue weighted by Crippen LogP contribution is 2.35. The maximum Gasteiger partial charge on any atom is 0.268 e. The number of anilines is 1. The van der Waals surface area contributed by atoms with Gasteiger partial charge in [0.15, 0.2) is 5.82 Å². The number of rotatable bonds is 9. The van der Waals surface area contributed by atoms with Crippen LogP contribution in [0.15, 0.2) is 51.9 Å². The number of ether oxygens (including phenoxy) is 1. The highest BCUT2D eigenvalue weighted by Gasteiger charge is 2.31. The molecule has 0 bridgehead atoms. The van der Waals surface area contributed by atoms with Crippen LogP contribution in [-0.2, 0) is 27.8 Å². The number of nitrogens with zero attached hydrogens (tertiary/aromatic N) is 2. The number of methoxy groups -OCH3 is 1. The number of hydrogen-bond acceptors (Lipinski definition) is 6. The van der Waals surface area contributed by atoms with E-state index in [1.54, 1.807) is 32.0 Å². The van der Waals surface area contributed by atoms with Gasteiger partial charge in [-0.2, -0.15) is 0 Å². The fraction of sp³-hybridized carbons (Fsp3) is 0.348. The monoisotopic (exact) mass is 444 g/mol. The zero-order valence-corrected chi connectivity index (χ0v) is 19.1. The van der Waals surface area contributed by atoms with E-state index in [1.165, 1.54) is 7.11 Å². The second-order valence-electron chi connectivity index (χ2n) is 7.35. The predicted octanol–water partition coefficient (Wildman–Crippen LogP) is 4.20. The van der Waals surface area contributed by atoms with Gasteiger partial charge in [0.25, 0.3) is 10.0 Å². The lowest BCUT2D eigenvalue weighted by Gasteiger charge is -2.23. The SMILES string of the molecule is CCCc1cc(CO)ccc1-c1ccccc1S(=O)(=O)N(COC)c1noc(C)c1C. The molecule has 166 valence electrons. The molecule has 2 aromatic carbocycles. The molecule has 0 unspecified atom stereocenters. The third kappa shape index (κ3) is 4.51. The number of aromatic nitrogens is 1. The molecule has 0 saturated carbocycles. The summed E-state index contributed by atoms with van der Waals surface area (Å²) in [5.41, 5.74) is 3.83. The maximum absolute atomic E-state index is 13.8. The average Bonchev–Trinajstić information content (AvgIpc) is 3.10. The van der Waals surface area contributed by atoms with Gasteiger partial charge in [-0.25, -0.2) is 12.7 Å². The smallest absolute Gasteiger partial charge is 0.268 e.